The van der Waals surface area contributed by atoms with Gasteiger partial charge in [0.25, 0.3) is 0 Å². The Kier molecular flexibility index (Phi) is 6.90. The smallest absolute Gasteiger partial charge is 0.0446 e. The van der Waals surface area contributed by atoms with Crippen LogP contribution in [0.15, 0.2) is 29.2 Å². The van der Waals surface area contributed by atoms with E-state index in [0.29, 0.717) is 6.04 Å². The Morgan fingerprint density at radius 2 is 1.84 bits per heavy atom. The molecule has 19 heavy (non-hydrogen) atoms. The van der Waals surface area contributed by atoms with Crippen molar-refractivity contribution in [1.29, 1.82) is 0 Å². The molecule has 2 N–H and O–H groups in total. The van der Waals surface area contributed by atoms with E-state index in [1.807, 2.05) is 11.8 Å². The highest BCUT2D eigenvalue weighted by Gasteiger charge is 2.13. The van der Waals surface area contributed by atoms with Gasteiger partial charge in [-0.05, 0) is 36.1 Å². The minimum absolute atomic E-state index is 0.215. The highest BCUT2D eigenvalue weighted by atomic mass is 32.2. The SMILES string of the molecule is CCNC(CCO)CSc1ccc(C(C)(C)C)cc1. The van der Waals surface area contributed by atoms with Crippen molar-refractivity contribution < 1.29 is 5.11 Å². The van der Waals surface area contributed by atoms with Crippen molar-refractivity contribution in [3.8, 4) is 0 Å². The van der Waals surface area contributed by atoms with Gasteiger partial charge in [0.05, 0.1) is 0 Å². The van der Waals surface area contributed by atoms with Crippen LogP contribution in [0.2, 0.25) is 0 Å². The van der Waals surface area contributed by atoms with Crippen molar-refractivity contribution in [3.05, 3.63) is 29.8 Å². The van der Waals surface area contributed by atoms with Crippen LogP contribution in [0.25, 0.3) is 0 Å². The zero-order chi connectivity index (χ0) is 14.3. The van der Waals surface area contributed by atoms with Crippen LogP contribution in [0, 0.1) is 0 Å². The minimum atomic E-state index is 0.215. The molecule has 0 aliphatic heterocycles. The van der Waals surface area contributed by atoms with Gasteiger partial charge in [-0.25, -0.2) is 0 Å². The molecule has 0 aromatic heterocycles. The topological polar surface area (TPSA) is 32.3 Å². The predicted octanol–water partition coefficient (Wildman–Crippen LogP) is 3.44. The molecule has 0 saturated carbocycles. The van der Waals surface area contributed by atoms with Crippen LogP contribution in [-0.4, -0.2) is 30.1 Å². The van der Waals surface area contributed by atoms with Gasteiger partial charge in [0.15, 0.2) is 0 Å². The first kappa shape index (κ1) is 16.5. The van der Waals surface area contributed by atoms with Gasteiger partial charge in [-0.15, -0.1) is 11.8 Å². The Labute approximate surface area is 122 Å². The van der Waals surface area contributed by atoms with E-state index in [0.717, 1.165) is 18.7 Å². The first-order chi connectivity index (χ1) is 8.97. The number of aliphatic hydroxyl groups excluding tert-OH is 1. The molecule has 0 bridgehead atoms. The maximum Gasteiger partial charge on any atom is 0.0446 e. The van der Waals surface area contributed by atoms with E-state index in [4.69, 9.17) is 5.11 Å². The molecule has 1 unspecified atom stereocenters. The summed E-state index contributed by atoms with van der Waals surface area (Å²) in [6, 6.07) is 9.23. The van der Waals surface area contributed by atoms with Crippen LogP contribution < -0.4 is 5.32 Å². The average molecular weight is 281 g/mol. The lowest BCUT2D eigenvalue weighted by Gasteiger charge is -2.19. The van der Waals surface area contributed by atoms with Crippen molar-refractivity contribution in [2.45, 2.75) is 50.5 Å². The van der Waals surface area contributed by atoms with E-state index < -0.39 is 0 Å². The van der Waals surface area contributed by atoms with Gasteiger partial charge in [-0.2, -0.15) is 0 Å². The Balaban J connectivity index is 2.53. The van der Waals surface area contributed by atoms with Crippen LogP contribution in [0.1, 0.15) is 39.7 Å². The molecular weight excluding hydrogens is 254 g/mol. The number of nitrogens with one attached hydrogen (secondary N) is 1. The third-order valence-electron chi connectivity index (χ3n) is 3.14. The van der Waals surface area contributed by atoms with Crippen LogP contribution >= 0.6 is 11.8 Å². The fourth-order valence-electron chi connectivity index (χ4n) is 1.94. The summed E-state index contributed by atoms with van der Waals surface area (Å²) in [6.07, 6.45) is 0.820. The summed E-state index contributed by atoms with van der Waals surface area (Å²) in [6.45, 7) is 10.0. The van der Waals surface area contributed by atoms with Gasteiger partial charge in [-0.1, -0.05) is 39.8 Å². The summed E-state index contributed by atoms with van der Waals surface area (Å²) in [5, 5.41) is 12.4. The zero-order valence-corrected chi connectivity index (χ0v) is 13.4. The number of hydrogen-bond acceptors (Lipinski definition) is 3. The fourth-order valence-corrected chi connectivity index (χ4v) is 2.94. The lowest BCUT2D eigenvalue weighted by atomic mass is 9.87. The Hall–Kier alpha value is -0.510. The summed E-state index contributed by atoms with van der Waals surface area (Å²) in [7, 11) is 0. The second-order valence-corrected chi connectivity index (χ2v) is 6.95. The molecular formula is C16H27NOS. The van der Waals surface area contributed by atoms with Gasteiger partial charge in [0.2, 0.25) is 0 Å². The van der Waals surface area contributed by atoms with Gasteiger partial charge in [-0.3, -0.25) is 0 Å². The van der Waals surface area contributed by atoms with Crippen molar-refractivity contribution in [2.24, 2.45) is 0 Å². The molecule has 0 saturated heterocycles. The number of thioether (sulfide) groups is 1. The zero-order valence-electron chi connectivity index (χ0n) is 12.6. The van der Waals surface area contributed by atoms with Gasteiger partial charge in [0, 0.05) is 23.3 Å². The fraction of sp³-hybridized carbons (Fsp3) is 0.625. The van der Waals surface area contributed by atoms with E-state index >= 15 is 0 Å². The molecule has 1 rings (SSSR count). The first-order valence-corrected chi connectivity index (χ1v) is 8.03. The summed E-state index contributed by atoms with van der Waals surface area (Å²) in [5.74, 6) is 1.00. The normalized spacial score (nSPS) is 13.5. The van der Waals surface area contributed by atoms with Gasteiger partial charge >= 0.3 is 0 Å². The molecule has 0 radical (unpaired) electrons. The minimum Gasteiger partial charge on any atom is -0.396 e. The van der Waals surface area contributed by atoms with Gasteiger partial charge < -0.3 is 10.4 Å². The maximum absolute atomic E-state index is 9.04. The quantitative estimate of drug-likeness (QED) is 0.751. The van der Waals surface area contributed by atoms with E-state index in [1.165, 1.54) is 10.5 Å². The van der Waals surface area contributed by atoms with E-state index in [-0.39, 0.29) is 12.0 Å². The molecule has 0 spiro atoms. The molecule has 2 nitrogen and oxygen atoms in total. The van der Waals surface area contributed by atoms with Crippen LogP contribution in [0.4, 0.5) is 0 Å². The summed E-state index contributed by atoms with van der Waals surface area (Å²) in [4.78, 5) is 1.30. The molecule has 0 fully saturated rings. The Morgan fingerprint density at radius 3 is 2.32 bits per heavy atom. The number of hydrogen-bond donors (Lipinski definition) is 2. The highest BCUT2D eigenvalue weighted by molar-refractivity contribution is 7.99. The van der Waals surface area contributed by atoms with Gasteiger partial charge in [0.1, 0.15) is 0 Å². The second kappa shape index (κ2) is 7.93. The molecule has 1 aromatic carbocycles. The number of rotatable bonds is 7. The highest BCUT2D eigenvalue weighted by Crippen LogP contribution is 2.26. The lowest BCUT2D eigenvalue weighted by Crippen LogP contribution is -2.32. The maximum atomic E-state index is 9.04. The Morgan fingerprint density at radius 1 is 1.21 bits per heavy atom. The number of benzene rings is 1. The predicted molar refractivity (Wildman–Crippen MR) is 85.0 cm³/mol. The molecule has 0 aliphatic rings. The van der Waals surface area contributed by atoms with Crippen LogP contribution in [0.3, 0.4) is 0 Å². The molecule has 108 valence electrons. The van der Waals surface area contributed by atoms with Crippen molar-refractivity contribution in [2.75, 3.05) is 18.9 Å². The van der Waals surface area contributed by atoms with E-state index in [2.05, 4.69) is 57.3 Å². The molecule has 0 amide bonds. The van der Waals surface area contributed by atoms with Crippen LogP contribution in [-0.2, 0) is 5.41 Å². The molecule has 3 heteroatoms. The third-order valence-corrected chi connectivity index (χ3v) is 4.32. The molecule has 1 aromatic rings. The monoisotopic (exact) mass is 281 g/mol. The lowest BCUT2D eigenvalue weighted by molar-refractivity contribution is 0.271. The summed E-state index contributed by atoms with van der Waals surface area (Å²) < 4.78 is 0. The molecule has 0 heterocycles. The Bertz CT molecular complexity index is 350. The van der Waals surface area contributed by atoms with E-state index in [9.17, 15) is 0 Å². The van der Waals surface area contributed by atoms with E-state index in [1.54, 1.807) is 0 Å². The van der Waals surface area contributed by atoms with Crippen molar-refractivity contribution in [3.63, 3.8) is 0 Å². The second-order valence-electron chi connectivity index (χ2n) is 5.85. The van der Waals surface area contributed by atoms with Crippen LogP contribution in [0.5, 0.6) is 0 Å². The standard InChI is InChI=1S/C16H27NOS/c1-5-17-14(10-11-18)12-19-15-8-6-13(7-9-15)16(2,3)4/h6-9,14,17-18H,5,10-12H2,1-4H3. The molecule has 1 atom stereocenters. The van der Waals surface area contributed by atoms with Crippen molar-refractivity contribution in [1.82, 2.24) is 5.32 Å². The van der Waals surface area contributed by atoms with Crippen molar-refractivity contribution >= 4 is 11.8 Å². The largest absolute Gasteiger partial charge is 0.396 e. The molecule has 0 aliphatic carbocycles. The summed E-state index contributed by atoms with van der Waals surface area (Å²) >= 11 is 1.85. The average Bonchev–Trinajstić information content (AvgIpc) is 2.36. The third kappa shape index (κ3) is 5.98. The first-order valence-electron chi connectivity index (χ1n) is 7.05. The summed E-state index contributed by atoms with van der Waals surface area (Å²) in [5.41, 5.74) is 1.59. The number of aliphatic hydroxyl groups is 1.